The molecule has 0 nitrogen and oxygen atoms in total. The zero-order valence-corrected chi connectivity index (χ0v) is 8.57. The molecule has 2 rings (SSSR count). The molecule has 1 aliphatic carbocycles. The summed E-state index contributed by atoms with van der Waals surface area (Å²) in [5.41, 5.74) is 1.44. The van der Waals surface area contributed by atoms with Gasteiger partial charge in [-0.3, -0.25) is 0 Å². The van der Waals surface area contributed by atoms with Gasteiger partial charge in [-0.15, -0.1) is 0 Å². The molecular weight excluding hydrogens is 163 g/mol. The predicted molar refractivity (Wildman–Crippen MR) is 54.4 cm³/mol. The largest absolute Gasteiger partial charge is 0.124 e. The molecule has 60 valence electrons. The standard InChI is InChI=1S/C11H12P/c1-9-4-5-10(8-12(9)3)11(2)6-7-11/h4-5,8H,1-3H3/q+1. The van der Waals surface area contributed by atoms with Gasteiger partial charge in [0.05, 0.1) is 0 Å². The van der Waals surface area contributed by atoms with Gasteiger partial charge in [-0.1, -0.05) is 11.8 Å². The van der Waals surface area contributed by atoms with E-state index in [1.165, 1.54) is 10.9 Å². The van der Waals surface area contributed by atoms with Crippen molar-refractivity contribution < 1.29 is 0 Å². The fraction of sp³-hybridized carbons (Fsp3) is 0.364. The minimum absolute atomic E-state index is 0.0286. The van der Waals surface area contributed by atoms with Crippen LogP contribution in [0.1, 0.15) is 17.8 Å². The predicted octanol–water partition coefficient (Wildman–Crippen LogP) is 3.07. The lowest BCUT2D eigenvalue weighted by Crippen LogP contribution is -2.03. The Bertz CT molecular complexity index is 385. The highest BCUT2D eigenvalue weighted by molar-refractivity contribution is 7.47. The third kappa shape index (κ3) is 1.15. The second kappa shape index (κ2) is 2.35. The van der Waals surface area contributed by atoms with Crippen LogP contribution in [0, 0.1) is 18.8 Å². The summed E-state index contributed by atoms with van der Waals surface area (Å²) in [7, 11) is -0.0286. The van der Waals surface area contributed by atoms with Crippen molar-refractivity contribution in [1.29, 1.82) is 0 Å². The molecule has 1 heteroatoms. The zero-order valence-electron chi connectivity index (χ0n) is 7.68. The average molecular weight is 175 g/mol. The number of hydrogen-bond acceptors (Lipinski definition) is 0. The van der Waals surface area contributed by atoms with Crippen LogP contribution < -0.4 is 0 Å². The highest BCUT2D eigenvalue weighted by atomic mass is 31.1. The van der Waals surface area contributed by atoms with Gasteiger partial charge in [0.2, 0.25) is 0 Å². The normalized spacial score (nSPS) is 18.1. The first-order chi connectivity index (χ1) is 5.62. The van der Waals surface area contributed by atoms with Gasteiger partial charge in [-0.05, 0) is 19.1 Å². The van der Waals surface area contributed by atoms with Crippen LogP contribution in [0.5, 0.6) is 0 Å². The summed E-state index contributed by atoms with van der Waals surface area (Å²) in [6, 6.07) is 4.43. The maximum atomic E-state index is 3.15. The second-order valence-corrected chi connectivity index (χ2v) is 5.73. The van der Waals surface area contributed by atoms with Crippen molar-refractivity contribution in [3.8, 4) is 11.8 Å². The Morgan fingerprint density at radius 1 is 1.33 bits per heavy atom. The second-order valence-electron chi connectivity index (χ2n) is 3.55. The smallest absolute Gasteiger partial charge is 0.0766 e. The SMILES string of the molecule is Cc1ccc(C2(C)C#C2)c[p+]1C. The topological polar surface area (TPSA) is 0 Å². The lowest BCUT2D eigenvalue weighted by molar-refractivity contribution is 0.897. The van der Waals surface area contributed by atoms with E-state index in [0.29, 0.717) is 0 Å². The minimum Gasteiger partial charge on any atom is -0.0766 e. The molecule has 0 aliphatic heterocycles. The van der Waals surface area contributed by atoms with Gasteiger partial charge in [-0.25, -0.2) is 0 Å². The van der Waals surface area contributed by atoms with Gasteiger partial charge in [0.25, 0.3) is 0 Å². The van der Waals surface area contributed by atoms with Crippen LogP contribution >= 0.6 is 7.53 Å². The average Bonchev–Trinajstić information content (AvgIpc) is 2.75. The summed E-state index contributed by atoms with van der Waals surface area (Å²) in [5.74, 6) is 8.67. The van der Waals surface area contributed by atoms with E-state index in [-0.39, 0.29) is 12.9 Å². The van der Waals surface area contributed by atoms with Crippen LogP contribution in [0.3, 0.4) is 0 Å². The van der Waals surface area contributed by atoms with Crippen LogP contribution in [-0.4, -0.2) is 0 Å². The molecule has 12 heavy (non-hydrogen) atoms. The molecule has 1 aromatic rings. The summed E-state index contributed by atoms with van der Waals surface area (Å²) in [4.78, 5) is 0. The molecule has 0 saturated carbocycles. The summed E-state index contributed by atoms with van der Waals surface area (Å²) in [6.07, 6.45) is 0. The Morgan fingerprint density at radius 2 is 2.00 bits per heavy atom. The molecule has 0 radical (unpaired) electrons. The highest BCUT2D eigenvalue weighted by Crippen LogP contribution is 2.37. The summed E-state index contributed by atoms with van der Waals surface area (Å²) < 4.78 is 0. The van der Waals surface area contributed by atoms with Crippen molar-refractivity contribution in [2.24, 2.45) is 6.66 Å². The van der Waals surface area contributed by atoms with E-state index >= 15 is 0 Å². The van der Waals surface area contributed by atoms with Crippen molar-refractivity contribution >= 4 is 7.53 Å². The van der Waals surface area contributed by atoms with Crippen molar-refractivity contribution in [2.75, 3.05) is 0 Å². The molecule has 1 unspecified atom stereocenters. The molecule has 0 bridgehead atoms. The first-order valence-electron chi connectivity index (χ1n) is 4.13. The number of rotatable bonds is 1. The molecule has 1 aliphatic rings. The molecule has 1 aromatic heterocycles. The van der Waals surface area contributed by atoms with E-state index < -0.39 is 0 Å². The number of aryl methyl sites for hydroxylation is 2. The fourth-order valence-corrected chi connectivity index (χ4v) is 2.49. The van der Waals surface area contributed by atoms with E-state index in [1.54, 1.807) is 0 Å². The highest BCUT2D eigenvalue weighted by Gasteiger charge is 2.32. The van der Waals surface area contributed by atoms with Gasteiger partial charge < -0.3 is 0 Å². The van der Waals surface area contributed by atoms with Gasteiger partial charge in [0.1, 0.15) is 30.7 Å². The molecule has 0 aromatic carbocycles. The molecule has 0 fully saturated rings. The van der Waals surface area contributed by atoms with E-state index in [1.807, 2.05) is 0 Å². The quantitative estimate of drug-likeness (QED) is 0.575. The van der Waals surface area contributed by atoms with Crippen LogP contribution in [0.25, 0.3) is 0 Å². The van der Waals surface area contributed by atoms with E-state index in [4.69, 9.17) is 0 Å². The zero-order chi connectivity index (χ0) is 8.77. The Balaban J connectivity index is 2.42. The third-order valence-corrected chi connectivity index (χ3v) is 4.40. The van der Waals surface area contributed by atoms with Crippen molar-refractivity contribution in [3.05, 3.63) is 28.8 Å². The Kier molecular flexibility index (Phi) is 1.53. The van der Waals surface area contributed by atoms with Crippen molar-refractivity contribution in [1.82, 2.24) is 0 Å². The summed E-state index contributed by atoms with van der Waals surface area (Å²) >= 11 is 0. The van der Waals surface area contributed by atoms with Crippen molar-refractivity contribution in [2.45, 2.75) is 19.3 Å². The first-order valence-corrected chi connectivity index (χ1v) is 5.99. The maximum absolute atomic E-state index is 3.15. The fourth-order valence-electron chi connectivity index (χ4n) is 1.22. The Hall–Kier alpha value is -0.790. The molecule has 1 atom stereocenters. The van der Waals surface area contributed by atoms with Gasteiger partial charge in [0, 0.05) is 12.5 Å². The van der Waals surface area contributed by atoms with Gasteiger partial charge >= 0.3 is 0 Å². The molecule has 0 spiro atoms. The minimum atomic E-state index is -0.0286. The Labute approximate surface area is 74.7 Å². The molecule has 0 amide bonds. The van der Waals surface area contributed by atoms with Crippen molar-refractivity contribution in [3.63, 3.8) is 0 Å². The van der Waals surface area contributed by atoms with E-state index in [9.17, 15) is 0 Å². The lowest BCUT2D eigenvalue weighted by Gasteiger charge is -2.04. The van der Waals surface area contributed by atoms with Gasteiger partial charge in [0.15, 0.2) is 0 Å². The van der Waals surface area contributed by atoms with Crippen LogP contribution in [0.2, 0.25) is 0 Å². The molecule has 0 N–H and O–H groups in total. The van der Waals surface area contributed by atoms with Crippen LogP contribution in [0.15, 0.2) is 17.9 Å². The summed E-state index contributed by atoms with van der Waals surface area (Å²) in [6.45, 7) is 6.65. The number of hydrogen-bond donors (Lipinski definition) is 0. The van der Waals surface area contributed by atoms with Gasteiger partial charge in [-0.2, -0.15) is 0 Å². The Morgan fingerprint density at radius 3 is 2.50 bits per heavy atom. The van der Waals surface area contributed by atoms with E-state index in [2.05, 4.69) is 50.3 Å². The molecule has 0 saturated heterocycles. The van der Waals surface area contributed by atoms with Crippen LogP contribution in [0.4, 0.5) is 0 Å². The summed E-state index contributed by atoms with van der Waals surface area (Å²) in [5, 5.41) is 1.50. The van der Waals surface area contributed by atoms with E-state index in [0.717, 1.165) is 0 Å². The van der Waals surface area contributed by atoms with Crippen LogP contribution in [-0.2, 0) is 12.1 Å². The molecular formula is C11H12P+. The monoisotopic (exact) mass is 175 g/mol. The molecule has 1 heterocycles. The third-order valence-electron chi connectivity index (χ3n) is 2.47. The first kappa shape index (κ1) is 7.84. The maximum Gasteiger partial charge on any atom is 0.124 e. The lowest BCUT2D eigenvalue weighted by atomic mass is 9.98.